The Bertz CT molecular complexity index is 900. The molecule has 0 bridgehead atoms. The van der Waals surface area contributed by atoms with E-state index >= 15 is 0 Å². The van der Waals surface area contributed by atoms with Crippen molar-refractivity contribution in [2.24, 2.45) is 5.73 Å². The fraction of sp³-hybridized carbons (Fsp3) is 0.250. The number of carbonyl (C=O) groups is 1. The average molecular weight is 402 g/mol. The van der Waals surface area contributed by atoms with Crippen molar-refractivity contribution in [3.63, 3.8) is 0 Å². The van der Waals surface area contributed by atoms with Crippen LogP contribution in [0.3, 0.4) is 0 Å². The van der Waals surface area contributed by atoms with Crippen LogP contribution in [-0.2, 0) is 4.79 Å². The summed E-state index contributed by atoms with van der Waals surface area (Å²) < 4.78 is 21.5. The lowest BCUT2D eigenvalue weighted by molar-refractivity contribution is -0.116. The standard InChI is InChI=1S/C20H22N2O5S/c1-24-16-6-5-12(7-15(16)22-20(23)14(21)10-28)3-4-13-8-17(25-2)19-18(9-13)26-11-27-19/h3-9,14,28H,10-11,21H2,1-2H3,(H,22,23)/b4-3-/t14-/m0/s1. The second-order valence-corrected chi connectivity index (χ2v) is 6.39. The SMILES string of the molecule is COc1ccc(/C=C\c2cc(OC)c3c(c2)OCO3)cc1NC(=O)[C@@H](N)CS. The lowest BCUT2D eigenvalue weighted by atomic mass is 10.1. The van der Waals surface area contributed by atoms with E-state index in [1.165, 1.54) is 7.11 Å². The highest BCUT2D eigenvalue weighted by molar-refractivity contribution is 7.80. The quantitative estimate of drug-likeness (QED) is 0.487. The van der Waals surface area contributed by atoms with Crippen LogP contribution in [0.5, 0.6) is 23.0 Å². The minimum absolute atomic E-state index is 0.175. The first-order chi connectivity index (χ1) is 13.5. The molecule has 8 heteroatoms. The summed E-state index contributed by atoms with van der Waals surface area (Å²) in [5.41, 5.74) is 8.02. The van der Waals surface area contributed by atoms with Gasteiger partial charge in [0.2, 0.25) is 18.4 Å². The van der Waals surface area contributed by atoms with E-state index in [2.05, 4.69) is 17.9 Å². The largest absolute Gasteiger partial charge is 0.495 e. The molecule has 1 heterocycles. The molecule has 0 fully saturated rings. The van der Waals surface area contributed by atoms with Gasteiger partial charge < -0.3 is 30.0 Å². The van der Waals surface area contributed by atoms with Crippen molar-refractivity contribution in [2.75, 3.05) is 32.1 Å². The third-order valence-electron chi connectivity index (χ3n) is 4.16. The monoisotopic (exact) mass is 402 g/mol. The van der Waals surface area contributed by atoms with E-state index in [1.54, 1.807) is 13.2 Å². The van der Waals surface area contributed by atoms with Crippen LogP contribution < -0.4 is 30.0 Å². The van der Waals surface area contributed by atoms with Gasteiger partial charge in [-0.1, -0.05) is 18.2 Å². The number of hydrogen-bond acceptors (Lipinski definition) is 7. The number of thiol groups is 1. The Morgan fingerprint density at radius 2 is 1.93 bits per heavy atom. The molecular formula is C20H22N2O5S. The van der Waals surface area contributed by atoms with E-state index in [9.17, 15) is 4.79 Å². The Kier molecular flexibility index (Phi) is 6.33. The highest BCUT2D eigenvalue weighted by atomic mass is 32.1. The van der Waals surface area contributed by atoms with Gasteiger partial charge in [-0.25, -0.2) is 0 Å². The van der Waals surface area contributed by atoms with Crippen molar-refractivity contribution < 1.29 is 23.7 Å². The molecule has 1 amide bonds. The van der Waals surface area contributed by atoms with E-state index in [0.717, 1.165) is 11.1 Å². The van der Waals surface area contributed by atoms with Crippen molar-refractivity contribution in [1.82, 2.24) is 0 Å². The number of benzene rings is 2. The molecule has 0 saturated heterocycles. The fourth-order valence-electron chi connectivity index (χ4n) is 2.67. The van der Waals surface area contributed by atoms with Crippen molar-refractivity contribution >= 4 is 36.4 Å². The maximum absolute atomic E-state index is 12.1. The molecule has 0 aliphatic carbocycles. The Hall–Kier alpha value is -2.84. The van der Waals surface area contributed by atoms with Crippen LogP contribution in [0.2, 0.25) is 0 Å². The summed E-state index contributed by atoms with van der Waals surface area (Å²) in [7, 11) is 3.12. The number of nitrogens with one attached hydrogen (secondary N) is 1. The first-order valence-corrected chi connectivity index (χ1v) is 9.20. The zero-order chi connectivity index (χ0) is 20.1. The number of fused-ring (bicyclic) bond motifs is 1. The van der Waals surface area contributed by atoms with Crippen LogP contribution in [0.25, 0.3) is 12.2 Å². The van der Waals surface area contributed by atoms with E-state index in [-0.39, 0.29) is 18.5 Å². The molecule has 0 spiro atoms. The van der Waals surface area contributed by atoms with Crippen LogP contribution in [0.15, 0.2) is 30.3 Å². The second kappa shape index (κ2) is 8.90. The van der Waals surface area contributed by atoms with E-state index < -0.39 is 6.04 Å². The molecule has 2 aromatic carbocycles. The van der Waals surface area contributed by atoms with Gasteiger partial charge in [0, 0.05) is 5.75 Å². The van der Waals surface area contributed by atoms with Crippen LogP contribution >= 0.6 is 12.6 Å². The molecule has 2 aromatic rings. The number of amides is 1. The first-order valence-electron chi connectivity index (χ1n) is 8.56. The zero-order valence-electron chi connectivity index (χ0n) is 15.6. The van der Waals surface area contributed by atoms with Crippen molar-refractivity contribution in [3.8, 4) is 23.0 Å². The summed E-state index contributed by atoms with van der Waals surface area (Å²) >= 11 is 4.05. The molecule has 3 N–H and O–H groups in total. The molecular weight excluding hydrogens is 380 g/mol. The summed E-state index contributed by atoms with van der Waals surface area (Å²) in [5, 5.41) is 2.77. The van der Waals surface area contributed by atoms with Crippen LogP contribution in [-0.4, -0.2) is 38.7 Å². The third-order valence-corrected chi connectivity index (χ3v) is 4.56. The normalized spacial score (nSPS) is 13.4. The predicted octanol–water partition coefficient (Wildman–Crippen LogP) is 2.80. The maximum atomic E-state index is 12.1. The summed E-state index contributed by atoms with van der Waals surface area (Å²) in [4.78, 5) is 12.1. The first kappa shape index (κ1) is 19.9. The van der Waals surface area contributed by atoms with Gasteiger partial charge >= 0.3 is 0 Å². The summed E-state index contributed by atoms with van der Waals surface area (Å²) in [6.45, 7) is 0.175. The molecule has 0 radical (unpaired) electrons. The molecule has 148 valence electrons. The zero-order valence-corrected chi connectivity index (χ0v) is 16.5. The fourth-order valence-corrected chi connectivity index (χ4v) is 2.84. The lowest BCUT2D eigenvalue weighted by Crippen LogP contribution is -2.37. The molecule has 3 rings (SSSR count). The van der Waals surface area contributed by atoms with Gasteiger partial charge in [0.25, 0.3) is 0 Å². The lowest BCUT2D eigenvalue weighted by Gasteiger charge is -2.13. The van der Waals surface area contributed by atoms with Gasteiger partial charge in [-0.2, -0.15) is 12.6 Å². The van der Waals surface area contributed by atoms with Crippen LogP contribution in [0, 0.1) is 0 Å². The Morgan fingerprint density at radius 1 is 1.18 bits per heavy atom. The molecule has 1 atom stereocenters. The van der Waals surface area contributed by atoms with E-state index in [1.807, 2.05) is 36.4 Å². The molecule has 1 aliphatic heterocycles. The van der Waals surface area contributed by atoms with Gasteiger partial charge in [-0.05, 0) is 35.4 Å². The Labute approximate surface area is 168 Å². The number of methoxy groups -OCH3 is 2. The third kappa shape index (κ3) is 4.35. The predicted molar refractivity (Wildman–Crippen MR) is 111 cm³/mol. The number of hydrogen-bond donors (Lipinski definition) is 3. The van der Waals surface area contributed by atoms with Gasteiger partial charge in [-0.15, -0.1) is 0 Å². The van der Waals surface area contributed by atoms with Crippen molar-refractivity contribution in [2.45, 2.75) is 6.04 Å². The maximum Gasteiger partial charge on any atom is 0.242 e. The van der Waals surface area contributed by atoms with Gasteiger partial charge in [0.15, 0.2) is 11.5 Å². The number of nitrogens with two attached hydrogens (primary N) is 1. The van der Waals surface area contributed by atoms with E-state index in [4.69, 9.17) is 24.7 Å². The molecule has 0 unspecified atom stereocenters. The molecule has 0 aromatic heterocycles. The molecule has 7 nitrogen and oxygen atoms in total. The summed E-state index contributed by atoms with van der Waals surface area (Å²) in [6.07, 6.45) is 3.82. The Morgan fingerprint density at radius 3 is 2.64 bits per heavy atom. The topological polar surface area (TPSA) is 92.0 Å². The highest BCUT2D eigenvalue weighted by Crippen LogP contribution is 2.42. The smallest absolute Gasteiger partial charge is 0.242 e. The van der Waals surface area contributed by atoms with Gasteiger partial charge in [-0.3, -0.25) is 4.79 Å². The summed E-state index contributed by atoms with van der Waals surface area (Å²) in [6, 6.07) is 8.51. The number of ether oxygens (including phenoxy) is 4. The Balaban J connectivity index is 1.84. The number of anilines is 1. The van der Waals surface area contributed by atoms with Crippen LogP contribution in [0.4, 0.5) is 5.69 Å². The molecule has 0 saturated carbocycles. The van der Waals surface area contributed by atoms with E-state index in [0.29, 0.717) is 28.7 Å². The van der Waals surface area contributed by atoms with Crippen molar-refractivity contribution in [3.05, 3.63) is 41.5 Å². The molecule has 28 heavy (non-hydrogen) atoms. The second-order valence-electron chi connectivity index (χ2n) is 6.03. The van der Waals surface area contributed by atoms with Gasteiger partial charge in [0.1, 0.15) is 5.75 Å². The van der Waals surface area contributed by atoms with Crippen LogP contribution in [0.1, 0.15) is 11.1 Å². The van der Waals surface area contributed by atoms with Crippen molar-refractivity contribution in [1.29, 1.82) is 0 Å². The minimum atomic E-state index is -0.701. The molecule has 1 aliphatic rings. The number of rotatable bonds is 7. The minimum Gasteiger partial charge on any atom is -0.495 e. The number of carbonyl (C=O) groups excluding carboxylic acids is 1. The highest BCUT2D eigenvalue weighted by Gasteiger charge is 2.19. The van der Waals surface area contributed by atoms with Gasteiger partial charge in [0.05, 0.1) is 25.9 Å². The summed E-state index contributed by atoms with van der Waals surface area (Å²) in [5.74, 6) is 2.33. The average Bonchev–Trinajstić information content (AvgIpc) is 3.19.